The van der Waals surface area contributed by atoms with Crippen LogP contribution in [0, 0.1) is 10.1 Å². The molecule has 0 N–H and O–H groups in total. The van der Waals surface area contributed by atoms with Crippen LogP contribution < -0.4 is 0 Å². The number of ether oxygens (including phenoxy) is 1. The van der Waals surface area contributed by atoms with E-state index in [4.69, 9.17) is 4.74 Å². The van der Waals surface area contributed by atoms with E-state index in [1.165, 1.54) is 31.0 Å². The molecule has 0 saturated heterocycles. The number of nitro benzene ring substituents is 1. The molecule has 0 saturated carbocycles. The Labute approximate surface area is 142 Å². The molecule has 1 aromatic carbocycles. The van der Waals surface area contributed by atoms with Crippen molar-refractivity contribution in [3.8, 4) is 0 Å². The Morgan fingerprint density at radius 1 is 1.42 bits per heavy atom. The predicted molar refractivity (Wildman–Crippen MR) is 91.2 cm³/mol. The van der Waals surface area contributed by atoms with Crippen LogP contribution in [0.4, 0.5) is 5.69 Å². The van der Waals surface area contributed by atoms with Gasteiger partial charge in [-0.15, -0.1) is 0 Å². The van der Waals surface area contributed by atoms with Gasteiger partial charge < -0.3 is 9.64 Å². The second kappa shape index (κ2) is 6.12. The lowest BCUT2D eigenvalue weighted by atomic mass is 9.94. The van der Waals surface area contributed by atoms with E-state index in [2.05, 4.69) is 4.99 Å². The average Bonchev–Trinajstić information content (AvgIpc) is 2.93. The summed E-state index contributed by atoms with van der Waals surface area (Å²) in [5.41, 5.74) is 2.49. The zero-order chi connectivity index (χ0) is 17.4. The van der Waals surface area contributed by atoms with Gasteiger partial charge in [0.2, 0.25) is 0 Å². The van der Waals surface area contributed by atoms with Crippen LogP contribution in [-0.2, 0) is 9.53 Å². The van der Waals surface area contributed by atoms with Crippen LogP contribution in [0.5, 0.6) is 0 Å². The topological polar surface area (TPSA) is 85.0 Å². The van der Waals surface area contributed by atoms with Crippen LogP contribution in [0.2, 0.25) is 0 Å². The number of esters is 1. The zero-order valence-corrected chi connectivity index (χ0v) is 14.2. The molecule has 8 heteroatoms. The lowest BCUT2D eigenvalue weighted by Gasteiger charge is -2.35. The smallest absolute Gasteiger partial charge is 0.338 e. The number of carbonyl (C=O) groups excluding carboxylic acids is 1. The molecule has 0 unspecified atom stereocenters. The summed E-state index contributed by atoms with van der Waals surface area (Å²) in [6, 6.07) is 5.80. The number of nitrogens with zero attached hydrogens (tertiary/aromatic N) is 3. The van der Waals surface area contributed by atoms with E-state index in [0.29, 0.717) is 16.8 Å². The van der Waals surface area contributed by atoms with Gasteiger partial charge in [0.25, 0.3) is 5.69 Å². The van der Waals surface area contributed by atoms with Crippen molar-refractivity contribution in [1.82, 2.24) is 4.90 Å². The van der Waals surface area contributed by atoms with E-state index in [1.807, 2.05) is 17.2 Å². The maximum Gasteiger partial charge on any atom is 0.338 e. The van der Waals surface area contributed by atoms with Crippen molar-refractivity contribution in [3.05, 3.63) is 62.3 Å². The molecular formula is C16H15N3O4S. The number of carbonyl (C=O) groups is 1. The van der Waals surface area contributed by atoms with E-state index in [-0.39, 0.29) is 5.69 Å². The number of aliphatic imine (C=N–C) groups is 1. The predicted octanol–water partition coefficient (Wildman–Crippen LogP) is 3.36. The normalized spacial score (nSPS) is 19.6. The fraction of sp³-hybridized carbons (Fsp3) is 0.250. The highest BCUT2D eigenvalue weighted by Gasteiger charge is 2.39. The average molecular weight is 345 g/mol. The van der Waals surface area contributed by atoms with Gasteiger partial charge in [0.15, 0.2) is 5.17 Å². The van der Waals surface area contributed by atoms with Gasteiger partial charge in [0.05, 0.1) is 29.3 Å². The molecule has 7 nitrogen and oxygen atoms in total. The molecule has 0 bridgehead atoms. The third kappa shape index (κ3) is 2.58. The first-order valence-corrected chi connectivity index (χ1v) is 8.06. The van der Waals surface area contributed by atoms with Crippen molar-refractivity contribution in [2.45, 2.75) is 19.9 Å². The molecule has 2 aliphatic rings. The number of allylic oxidation sites excluding steroid dienone is 2. The van der Waals surface area contributed by atoms with E-state index in [1.54, 1.807) is 19.1 Å². The first-order chi connectivity index (χ1) is 11.4. The van der Waals surface area contributed by atoms with Crippen molar-refractivity contribution in [1.29, 1.82) is 0 Å². The summed E-state index contributed by atoms with van der Waals surface area (Å²) in [6.07, 6.45) is 0. The van der Waals surface area contributed by atoms with Crippen molar-refractivity contribution in [2.24, 2.45) is 4.99 Å². The quantitative estimate of drug-likeness (QED) is 0.474. The largest absolute Gasteiger partial charge is 0.466 e. The first-order valence-electron chi connectivity index (χ1n) is 7.19. The SMILES string of the molecule is COC(=O)C1=C(C)N=C2SC=C(C)N2[C@H]1c1cccc([N+](=O)[O-])c1. The van der Waals surface area contributed by atoms with Gasteiger partial charge >= 0.3 is 5.97 Å². The van der Waals surface area contributed by atoms with Gasteiger partial charge in [-0.05, 0) is 24.8 Å². The molecule has 0 aliphatic carbocycles. The second-order valence-corrected chi connectivity index (χ2v) is 6.22. The minimum atomic E-state index is -0.504. The molecule has 24 heavy (non-hydrogen) atoms. The summed E-state index contributed by atoms with van der Waals surface area (Å²) in [4.78, 5) is 29.4. The summed E-state index contributed by atoms with van der Waals surface area (Å²) in [6.45, 7) is 3.66. The number of hydrogen-bond acceptors (Lipinski definition) is 7. The highest BCUT2D eigenvalue weighted by molar-refractivity contribution is 8.16. The second-order valence-electron chi connectivity index (χ2n) is 5.39. The van der Waals surface area contributed by atoms with Gasteiger partial charge in [0.1, 0.15) is 0 Å². The molecule has 3 rings (SSSR count). The Morgan fingerprint density at radius 2 is 2.17 bits per heavy atom. The Hall–Kier alpha value is -2.61. The number of fused-ring (bicyclic) bond motifs is 1. The van der Waals surface area contributed by atoms with Crippen molar-refractivity contribution in [3.63, 3.8) is 0 Å². The summed E-state index contributed by atoms with van der Waals surface area (Å²) in [7, 11) is 1.31. The lowest BCUT2D eigenvalue weighted by molar-refractivity contribution is -0.384. The molecule has 0 spiro atoms. The first kappa shape index (κ1) is 16.3. The summed E-state index contributed by atoms with van der Waals surface area (Å²) >= 11 is 1.46. The Morgan fingerprint density at radius 3 is 2.83 bits per heavy atom. The van der Waals surface area contributed by atoms with Gasteiger partial charge in [-0.2, -0.15) is 0 Å². The highest BCUT2D eigenvalue weighted by Crippen LogP contribution is 2.44. The van der Waals surface area contributed by atoms with E-state index in [9.17, 15) is 14.9 Å². The zero-order valence-electron chi connectivity index (χ0n) is 13.3. The van der Waals surface area contributed by atoms with Crippen LogP contribution in [0.1, 0.15) is 25.5 Å². The molecule has 1 aromatic rings. The van der Waals surface area contributed by atoms with Gasteiger partial charge in [-0.1, -0.05) is 23.9 Å². The maximum absolute atomic E-state index is 12.3. The molecule has 0 fully saturated rings. The van der Waals surface area contributed by atoms with Crippen molar-refractivity contribution in [2.75, 3.05) is 7.11 Å². The van der Waals surface area contributed by atoms with Crippen molar-refractivity contribution >= 4 is 28.6 Å². The third-order valence-corrected chi connectivity index (χ3v) is 4.87. The monoisotopic (exact) mass is 345 g/mol. The molecule has 0 amide bonds. The van der Waals surface area contributed by atoms with E-state index < -0.39 is 16.9 Å². The summed E-state index contributed by atoms with van der Waals surface area (Å²) < 4.78 is 4.92. The number of non-ortho nitro benzene ring substituents is 1. The molecular weight excluding hydrogens is 330 g/mol. The molecule has 0 aromatic heterocycles. The van der Waals surface area contributed by atoms with Gasteiger partial charge in [-0.25, -0.2) is 9.79 Å². The van der Waals surface area contributed by atoms with Crippen molar-refractivity contribution < 1.29 is 14.5 Å². The number of thioether (sulfide) groups is 1. The van der Waals surface area contributed by atoms with Crippen LogP contribution in [0.3, 0.4) is 0 Å². The molecule has 2 heterocycles. The Bertz CT molecular complexity index is 828. The lowest BCUT2D eigenvalue weighted by Crippen LogP contribution is -2.35. The van der Waals surface area contributed by atoms with Gasteiger partial charge in [0, 0.05) is 17.8 Å². The number of hydrogen-bond donors (Lipinski definition) is 0. The van der Waals surface area contributed by atoms with Crippen LogP contribution in [0.25, 0.3) is 0 Å². The standard InChI is InChI=1S/C16H15N3O4S/c1-9-8-24-16-17-10(2)13(15(20)23-3)14(18(9)16)11-5-4-6-12(7-11)19(21)22/h4-8,14H,1-3H3/t14-/m0/s1. The fourth-order valence-corrected chi connectivity index (χ4v) is 3.76. The van der Waals surface area contributed by atoms with E-state index in [0.717, 1.165) is 10.9 Å². The fourth-order valence-electron chi connectivity index (χ4n) is 2.82. The molecule has 1 atom stereocenters. The minimum Gasteiger partial charge on any atom is -0.466 e. The van der Waals surface area contributed by atoms with Gasteiger partial charge in [-0.3, -0.25) is 10.1 Å². The number of benzene rings is 1. The minimum absolute atomic E-state index is 0.0214. The summed E-state index contributed by atoms with van der Waals surface area (Å²) in [5, 5.41) is 13.8. The molecule has 124 valence electrons. The van der Waals surface area contributed by atoms with E-state index >= 15 is 0 Å². The number of nitro groups is 1. The molecule has 0 radical (unpaired) electrons. The van der Waals surface area contributed by atoms with Crippen LogP contribution >= 0.6 is 11.8 Å². The van der Waals surface area contributed by atoms with Crippen LogP contribution in [-0.4, -0.2) is 28.1 Å². The Balaban J connectivity index is 2.19. The number of amidine groups is 1. The molecule has 2 aliphatic heterocycles. The van der Waals surface area contributed by atoms with Crippen LogP contribution in [0.15, 0.2) is 51.6 Å². The summed E-state index contributed by atoms with van der Waals surface area (Å²) in [5.74, 6) is -0.489. The Kier molecular flexibility index (Phi) is 4.15. The number of rotatable bonds is 3. The maximum atomic E-state index is 12.3. The third-order valence-electron chi connectivity index (χ3n) is 3.91. The number of methoxy groups -OCH3 is 1. The highest BCUT2D eigenvalue weighted by atomic mass is 32.2.